The van der Waals surface area contributed by atoms with E-state index in [2.05, 4.69) is 10.3 Å². The first-order valence-corrected chi connectivity index (χ1v) is 9.56. The van der Waals surface area contributed by atoms with Crippen LogP contribution in [0.5, 0.6) is 0 Å². The minimum absolute atomic E-state index is 0.0737. The number of aryl methyl sites for hydroxylation is 1. The van der Waals surface area contributed by atoms with Crippen molar-refractivity contribution in [3.05, 3.63) is 51.5 Å². The predicted molar refractivity (Wildman–Crippen MR) is 94.5 cm³/mol. The third kappa shape index (κ3) is 3.23. The van der Waals surface area contributed by atoms with Gasteiger partial charge in [0.15, 0.2) is 0 Å². The van der Waals surface area contributed by atoms with E-state index in [9.17, 15) is 4.79 Å². The molecule has 1 fully saturated rings. The lowest BCUT2D eigenvalue weighted by Crippen LogP contribution is -2.40. The topological polar surface area (TPSA) is 51.2 Å². The summed E-state index contributed by atoms with van der Waals surface area (Å²) in [4.78, 5) is 18.2. The van der Waals surface area contributed by atoms with Gasteiger partial charge in [-0.1, -0.05) is 0 Å². The summed E-state index contributed by atoms with van der Waals surface area (Å²) < 4.78 is 5.65. The number of rotatable bonds is 4. The lowest BCUT2D eigenvalue weighted by Gasteiger charge is -2.20. The maximum Gasteiger partial charge on any atom is 0.252 e. The van der Waals surface area contributed by atoms with Gasteiger partial charge in [0.2, 0.25) is 0 Å². The number of nitrogens with one attached hydrogen (secondary N) is 1. The number of carbonyl (C=O) groups is 1. The molecule has 0 radical (unpaired) electrons. The third-order valence-electron chi connectivity index (χ3n) is 5.07. The van der Waals surface area contributed by atoms with Crippen LogP contribution < -0.4 is 5.32 Å². The Morgan fingerprint density at radius 3 is 2.96 bits per heavy atom. The molecule has 2 aliphatic rings. The predicted octanol–water partition coefficient (Wildman–Crippen LogP) is 3.01. The molecule has 2 aromatic heterocycles. The fraction of sp³-hybridized carbons (Fsp3) is 0.474. The van der Waals surface area contributed by atoms with E-state index in [-0.39, 0.29) is 11.9 Å². The Morgan fingerprint density at radius 2 is 2.08 bits per heavy atom. The summed E-state index contributed by atoms with van der Waals surface area (Å²) >= 11 is 1.74. The molecule has 1 amide bonds. The van der Waals surface area contributed by atoms with Crippen molar-refractivity contribution in [1.29, 1.82) is 0 Å². The van der Waals surface area contributed by atoms with Gasteiger partial charge in [0.05, 0.1) is 24.8 Å². The van der Waals surface area contributed by atoms with Crippen LogP contribution in [0, 0.1) is 5.92 Å². The summed E-state index contributed by atoms with van der Waals surface area (Å²) in [5.41, 5.74) is 3.42. The van der Waals surface area contributed by atoms with Crippen molar-refractivity contribution in [3.8, 4) is 0 Å². The summed E-state index contributed by atoms with van der Waals surface area (Å²) in [6.45, 7) is 1.31. The van der Waals surface area contributed by atoms with E-state index in [0.717, 1.165) is 24.8 Å². The molecule has 0 aromatic carbocycles. The average Bonchev–Trinajstić information content (AvgIpc) is 3.23. The van der Waals surface area contributed by atoms with Crippen LogP contribution in [0.4, 0.5) is 0 Å². The molecule has 3 heterocycles. The molecule has 126 valence electrons. The average molecular weight is 342 g/mol. The van der Waals surface area contributed by atoms with Crippen LogP contribution in [0.1, 0.15) is 39.2 Å². The van der Waals surface area contributed by atoms with Crippen LogP contribution in [-0.4, -0.2) is 30.1 Å². The molecule has 1 saturated heterocycles. The van der Waals surface area contributed by atoms with E-state index in [1.165, 1.54) is 28.8 Å². The highest BCUT2D eigenvalue weighted by Gasteiger charge is 2.31. The second-order valence-corrected chi connectivity index (χ2v) is 7.66. The highest BCUT2D eigenvalue weighted by Crippen LogP contribution is 2.30. The number of carbonyl (C=O) groups excluding carboxylic acids is 1. The molecule has 0 bridgehead atoms. The summed E-state index contributed by atoms with van der Waals surface area (Å²) in [5, 5.41) is 5.27. The number of thiophene rings is 1. The molecule has 2 aromatic rings. The van der Waals surface area contributed by atoms with Gasteiger partial charge in [-0.3, -0.25) is 9.78 Å². The van der Waals surface area contributed by atoms with E-state index in [1.54, 1.807) is 11.3 Å². The van der Waals surface area contributed by atoms with Crippen LogP contribution >= 0.6 is 11.3 Å². The van der Waals surface area contributed by atoms with Crippen molar-refractivity contribution in [1.82, 2.24) is 10.3 Å². The van der Waals surface area contributed by atoms with Crippen LogP contribution in [0.2, 0.25) is 0 Å². The number of aromatic nitrogens is 1. The molecule has 1 aliphatic carbocycles. The molecular formula is C19H22N2O2S. The van der Waals surface area contributed by atoms with Crippen LogP contribution in [0.3, 0.4) is 0 Å². The maximum absolute atomic E-state index is 12.8. The van der Waals surface area contributed by atoms with Crippen molar-refractivity contribution in [2.75, 3.05) is 13.2 Å². The van der Waals surface area contributed by atoms with Gasteiger partial charge in [-0.2, -0.15) is 0 Å². The van der Waals surface area contributed by atoms with Crippen LogP contribution in [0.15, 0.2) is 29.9 Å². The van der Waals surface area contributed by atoms with Crippen molar-refractivity contribution in [2.45, 2.75) is 38.1 Å². The zero-order chi connectivity index (χ0) is 16.4. The van der Waals surface area contributed by atoms with Crippen molar-refractivity contribution >= 4 is 17.2 Å². The van der Waals surface area contributed by atoms with Crippen molar-refractivity contribution in [3.63, 3.8) is 0 Å². The number of amides is 1. The normalized spacial score (nSPS) is 23.0. The van der Waals surface area contributed by atoms with E-state index in [0.29, 0.717) is 19.1 Å². The molecule has 0 spiro atoms. The number of ether oxygens (including phenoxy) is 1. The molecule has 1 aliphatic heterocycles. The first-order valence-electron chi connectivity index (χ1n) is 8.68. The highest BCUT2D eigenvalue weighted by atomic mass is 32.1. The Hall–Kier alpha value is -1.72. The first-order chi connectivity index (χ1) is 11.8. The second kappa shape index (κ2) is 7.03. The quantitative estimate of drug-likeness (QED) is 0.929. The van der Waals surface area contributed by atoms with E-state index >= 15 is 0 Å². The molecule has 24 heavy (non-hydrogen) atoms. The molecule has 0 unspecified atom stereocenters. The van der Waals surface area contributed by atoms with Gasteiger partial charge < -0.3 is 10.1 Å². The molecular weight excluding hydrogens is 320 g/mol. The maximum atomic E-state index is 12.8. The Labute approximate surface area is 146 Å². The second-order valence-electron chi connectivity index (χ2n) is 6.70. The van der Waals surface area contributed by atoms with Crippen molar-refractivity contribution in [2.24, 2.45) is 5.92 Å². The van der Waals surface area contributed by atoms with Gasteiger partial charge in [0, 0.05) is 28.6 Å². The van der Waals surface area contributed by atoms with Gasteiger partial charge in [0.25, 0.3) is 5.91 Å². The number of pyridine rings is 1. The van der Waals surface area contributed by atoms with E-state index in [4.69, 9.17) is 4.74 Å². The van der Waals surface area contributed by atoms with Gasteiger partial charge in [-0.05, 0) is 55.4 Å². The lowest BCUT2D eigenvalue weighted by atomic mass is 9.93. The monoisotopic (exact) mass is 342 g/mol. The minimum atomic E-state index is 0.0737. The van der Waals surface area contributed by atoms with Gasteiger partial charge >= 0.3 is 0 Å². The third-order valence-corrected chi connectivity index (χ3v) is 6.16. The summed E-state index contributed by atoms with van der Waals surface area (Å²) in [5.74, 6) is 0.399. The smallest absolute Gasteiger partial charge is 0.252 e. The van der Waals surface area contributed by atoms with Gasteiger partial charge in [0.1, 0.15) is 0 Å². The highest BCUT2D eigenvalue weighted by molar-refractivity contribution is 7.10. The molecule has 4 rings (SSSR count). The zero-order valence-corrected chi connectivity index (χ0v) is 14.5. The van der Waals surface area contributed by atoms with Crippen molar-refractivity contribution < 1.29 is 9.53 Å². The number of fused-ring (bicyclic) bond motifs is 1. The van der Waals surface area contributed by atoms with Crippen LogP contribution in [-0.2, 0) is 24.0 Å². The summed E-state index contributed by atoms with van der Waals surface area (Å²) in [6.07, 6.45) is 9.16. The fourth-order valence-electron chi connectivity index (χ4n) is 3.71. The summed E-state index contributed by atoms with van der Waals surface area (Å²) in [7, 11) is 0. The molecule has 4 nitrogen and oxygen atoms in total. The Balaban J connectivity index is 1.44. The molecule has 0 saturated carbocycles. The Bertz CT molecular complexity index is 713. The number of hydrogen-bond acceptors (Lipinski definition) is 4. The molecule has 1 N–H and O–H groups in total. The van der Waals surface area contributed by atoms with E-state index < -0.39 is 0 Å². The summed E-state index contributed by atoms with van der Waals surface area (Å²) in [6, 6.07) is 4.16. The standard InChI is InChI=1S/C19H22N2O2S/c22-19(16-12-24-18-4-2-1-3-15(16)18)21-17-11-23-10-14(17)9-13-5-7-20-8-6-13/h5-8,12,14,17H,1-4,9-11H2,(H,21,22)/t14-,17+/m1/s1. The molecule has 2 atom stereocenters. The van der Waals surface area contributed by atoms with E-state index in [1.807, 2.05) is 29.9 Å². The van der Waals surface area contributed by atoms with Gasteiger partial charge in [-0.15, -0.1) is 11.3 Å². The SMILES string of the molecule is O=C(N[C@H]1COC[C@H]1Cc1ccncc1)c1csc2c1CCCC2. The van der Waals surface area contributed by atoms with Crippen LogP contribution in [0.25, 0.3) is 0 Å². The lowest BCUT2D eigenvalue weighted by molar-refractivity contribution is 0.0924. The number of hydrogen-bond donors (Lipinski definition) is 1. The molecule has 5 heteroatoms. The van der Waals surface area contributed by atoms with Gasteiger partial charge in [-0.25, -0.2) is 0 Å². The largest absolute Gasteiger partial charge is 0.379 e. The minimum Gasteiger partial charge on any atom is -0.379 e. The number of nitrogens with zero attached hydrogens (tertiary/aromatic N) is 1. The Kier molecular flexibility index (Phi) is 4.63. The fourth-order valence-corrected chi connectivity index (χ4v) is 4.84. The first kappa shape index (κ1) is 15.8. The zero-order valence-electron chi connectivity index (χ0n) is 13.7. The Morgan fingerprint density at radius 1 is 1.25 bits per heavy atom.